The fourth-order valence-corrected chi connectivity index (χ4v) is 4.01. The molecule has 1 aromatic carbocycles. The van der Waals surface area contributed by atoms with E-state index in [1.807, 2.05) is 12.1 Å². The van der Waals surface area contributed by atoms with Gasteiger partial charge in [0.1, 0.15) is 11.5 Å². The lowest BCUT2D eigenvalue weighted by Crippen LogP contribution is -2.24. The lowest BCUT2D eigenvalue weighted by molar-refractivity contribution is 0.585. The molecular formula is C22H20FN5. The summed E-state index contributed by atoms with van der Waals surface area (Å²) in [5.41, 5.74) is 4.51. The maximum absolute atomic E-state index is 13.6. The Morgan fingerprint density at radius 2 is 1.96 bits per heavy atom. The van der Waals surface area contributed by atoms with Crippen molar-refractivity contribution in [3.63, 3.8) is 0 Å². The summed E-state index contributed by atoms with van der Waals surface area (Å²) < 4.78 is 15.3. The number of aryl methyl sites for hydroxylation is 1. The van der Waals surface area contributed by atoms with Gasteiger partial charge in [0.15, 0.2) is 5.65 Å². The Bertz CT molecular complexity index is 1150. The Labute approximate surface area is 162 Å². The predicted octanol–water partition coefficient (Wildman–Crippen LogP) is 4.58. The van der Waals surface area contributed by atoms with E-state index in [0.717, 1.165) is 30.9 Å². The monoisotopic (exact) mass is 373 g/mol. The Balaban J connectivity index is 1.57. The molecule has 1 aliphatic heterocycles. The van der Waals surface area contributed by atoms with Crippen LogP contribution in [0.15, 0.2) is 60.8 Å². The van der Waals surface area contributed by atoms with Gasteiger partial charge in [-0.1, -0.05) is 35.9 Å². The summed E-state index contributed by atoms with van der Waals surface area (Å²) in [6, 6.07) is 17.7. The van der Waals surface area contributed by atoms with Crippen LogP contribution in [-0.4, -0.2) is 26.1 Å². The van der Waals surface area contributed by atoms with E-state index in [1.165, 1.54) is 17.2 Å². The summed E-state index contributed by atoms with van der Waals surface area (Å²) in [5, 5.41) is 4.84. The zero-order valence-corrected chi connectivity index (χ0v) is 15.6. The van der Waals surface area contributed by atoms with Gasteiger partial charge >= 0.3 is 0 Å². The molecule has 0 radical (unpaired) electrons. The lowest BCUT2D eigenvalue weighted by Gasteiger charge is -2.26. The standard InChI is InChI=1S/C22H20FN5/c1-15-5-2-6-16(13-15)18-8-4-12-27(18)22-11-10-21-24-14-19(28(21)26-22)17-7-3-9-20(23)25-17/h2-3,5-7,9-11,13-14,18H,4,8,12H2,1H3/t18-/m1/s1. The second-order valence-corrected chi connectivity index (χ2v) is 7.22. The Kier molecular flexibility index (Phi) is 4.04. The van der Waals surface area contributed by atoms with Crippen molar-refractivity contribution in [3.05, 3.63) is 77.9 Å². The molecule has 1 saturated heterocycles. The van der Waals surface area contributed by atoms with Crippen LogP contribution in [0, 0.1) is 12.9 Å². The second kappa shape index (κ2) is 6.71. The maximum atomic E-state index is 13.6. The van der Waals surface area contributed by atoms with Gasteiger partial charge in [-0.25, -0.2) is 14.5 Å². The average Bonchev–Trinajstić information content (AvgIpc) is 3.34. The second-order valence-electron chi connectivity index (χ2n) is 7.22. The summed E-state index contributed by atoms with van der Waals surface area (Å²) >= 11 is 0. The van der Waals surface area contributed by atoms with Crippen molar-refractivity contribution >= 4 is 11.5 Å². The molecule has 0 spiro atoms. The van der Waals surface area contributed by atoms with E-state index in [0.29, 0.717) is 17.4 Å². The molecule has 140 valence electrons. The van der Waals surface area contributed by atoms with Gasteiger partial charge in [-0.05, 0) is 49.6 Å². The molecule has 0 saturated carbocycles. The van der Waals surface area contributed by atoms with Crippen LogP contribution < -0.4 is 4.90 Å². The molecular weight excluding hydrogens is 353 g/mol. The molecule has 4 aromatic rings. The number of halogens is 1. The minimum Gasteiger partial charge on any atom is -0.348 e. The first-order valence-corrected chi connectivity index (χ1v) is 9.50. The fourth-order valence-electron chi connectivity index (χ4n) is 4.01. The van der Waals surface area contributed by atoms with Gasteiger partial charge in [0.25, 0.3) is 0 Å². The van der Waals surface area contributed by atoms with E-state index in [-0.39, 0.29) is 0 Å². The number of anilines is 1. The number of imidazole rings is 1. The van der Waals surface area contributed by atoms with Crippen molar-refractivity contribution in [2.75, 3.05) is 11.4 Å². The van der Waals surface area contributed by atoms with E-state index < -0.39 is 5.95 Å². The number of benzene rings is 1. The van der Waals surface area contributed by atoms with Crippen molar-refractivity contribution in [2.45, 2.75) is 25.8 Å². The molecule has 0 bridgehead atoms. The SMILES string of the molecule is Cc1cccc([C@H]2CCCN2c2ccc3ncc(-c4cccc(F)n4)n3n2)c1. The first-order chi connectivity index (χ1) is 13.7. The van der Waals surface area contributed by atoms with Crippen LogP contribution in [0.3, 0.4) is 0 Å². The molecule has 0 N–H and O–H groups in total. The minimum atomic E-state index is -0.511. The zero-order valence-electron chi connectivity index (χ0n) is 15.6. The molecule has 28 heavy (non-hydrogen) atoms. The molecule has 6 heteroatoms. The zero-order chi connectivity index (χ0) is 19.1. The average molecular weight is 373 g/mol. The topological polar surface area (TPSA) is 46.3 Å². The molecule has 5 nitrogen and oxygen atoms in total. The highest BCUT2D eigenvalue weighted by molar-refractivity contribution is 5.60. The number of rotatable bonds is 3. The lowest BCUT2D eigenvalue weighted by atomic mass is 10.0. The molecule has 0 unspecified atom stereocenters. The first-order valence-electron chi connectivity index (χ1n) is 9.50. The Morgan fingerprint density at radius 1 is 1.07 bits per heavy atom. The predicted molar refractivity (Wildman–Crippen MR) is 107 cm³/mol. The van der Waals surface area contributed by atoms with Crippen molar-refractivity contribution in [1.29, 1.82) is 0 Å². The molecule has 4 heterocycles. The highest BCUT2D eigenvalue weighted by atomic mass is 19.1. The van der Waals surface area contributed by atoms with Crippen LogP contribution >= 0.6 is 0 Å². The van der Waals surface area contributed by atoms with Crippen LogP contribution in [0.4, 0.5) is 10.2 Å². The molecule has 0 aliphatic carbocycles. The Hall–Kier alpha value is -3.28. The van der Waals surface area contributed by atoms with Gasteiger partial charge in [0, 0.05) is 6.54 Å². The van der Waals surface area contributed by atoms with Gasteiger partial charge in [0.2, 0.25) is 5.95 Å². The van der Waals surface area contributed by atoms with Crippen molar-refractivity contribution in [3.8, 4) is 11.4 Å². The summed E-state index contributed by atoms with van der Waals surface area (Å²) in [6.07, 6.45) is 3.92. The maximum Gasteiger partial charge on any atom is 0.213 e. The number of nitrogens with zero attached hydrogens (tertiary/aromatic N) is 5. The van der Waals surface area contributed by atoms with Crippen LogP contribution in [0.2, 0.25) is 0 Å². The molecule has 0 amide bonds. The normalized spacial score (nSPS) is 16.8. The third kappa shape index (κ3) is 2.91. The molecule has 5 rings (SSSR count). The van der Waals surface area contributed by atoms with Crippen LogP contribution in [-0.2, 0) is 0 Å². The summed E-state index contributed by atoms with van der Waals surface area (Å²) in [7, 11) is 0. The van der Waals surface area contributed by atoms with Crippen molar-refractivity contribution in [1.82, 2.24) is 19.6 Å². The van der Waals surface area contributed by atoms with Crippen LogP contribution in [0.25, 0.3) is 17.0 Å². The van der Waals surface area contributed by atoms with E-state index in [9.17, 15) is 4.39 Å². The third-order valence-corrected chi connectivity index (χ3v) is 5.30. The van der Waals surface area contributed by atoms with E-state index in [2.05, 4.69) is 46.1 Å². The smallest absolute Gasteiger partial charge is 0.213 e. The third-order valence-electron chi connectivity index (χ3n) is 5.30. The van der Waals surface area contributed by atoms with E-state index in [1.54, 1.807) is 22.8 Å². The highest BCUT2D eigenvalue weighted by Crippen LogP contribution is 2.35. The molecule has 1 atom stereocenters. The Morgan fingerprint density at radius 3 is 2.82 bits per heavy atom. The van der Waals surface area contributed by atoms with Crippen molar-refractivity contribution in [2.24, 2.45) is 0 Å². The largest absolute Gasteiger partial charge is 0.348 e. The number of pyridine rings is 1. The molecule has 1 aliphatic rings. The fraction of sp³-hybridized carbons (Fsp3) is 0.227. The molecule has 3 aromatic heterocycles. The quantitative estimate of drug-likeness (QED) is 0.493. The number of aromatic nitrogens is 4. The van der Waals surface area contributed by atoms with E-state index >= 15 is 0 Å². The molecule has 1 fully saturated rings. The van der Waals surface area contributed by atoms with Gasteiger partial charge in [-0.15, -0.1) is 5.10 Å². The number of fused-ring (bicyclic) bond motifs is 1. The first kappa shape index (κ1) is 16.9. The summed E-state index contributed by atoms with van der Waals surface area (Å²) in [5.74, 6) is 0.384. The van der Waals surface area contributed by atoms with Gasteiger partial charge < -0.3 is 4.90 Å². The van der Waals surface area contributed by atoms with Gasteiger partial charge in [-0.3, -0.25) is 0 Å². The summed E-state index contributed by atoms with van der Waals surface area (Å²) in [4.78, 5) is 10.7. The van der Waals surface area contributed by atoms with Gasteiger partial charge in [0.05, 0.1) is 17.9 Å². The number of hydrogen-bond acceptors (Lipinski definition) is 4. The van der Waals surface area contributed by atoms with Crippen LogP contribution in [0.5, 0.6) is 0 Å². The van der Waals surface area contributed by atoms with Gasteiger partial charge in [-0.2, -0.15) is 4.39 Å². The number of hydrogen-bond donors (Lipinski definition) is 0. The summed E-state index contributed by atoms with van der Waals surface area (Å²) in [6.45, 7) is 3.08. The van der Waals surface area contributed by atoms with Crippen LogP contribution in [0.1, 0.15) is 30.0 Å². The van der Waals surface area contributed by atoms with Crippen molar-refractivity contribution < 1.29 is 4.39 Å². The minimum absolute atomic E-state index is 0.309. The van der Waals surface area contributed by atoms with E-state index in [4.69, 9.17) is 5.10 Å². The highest BCUT2D eigenvalue weighted by Gasteiger charge is 2.27.